The molecular formula is C23H26FNO5P+. The second-order valence-electron chi connectivity index (χ2n) is 8.18. The number of rotatable bonds is 7. The normalized spacial score (nSPS) is 15.8. The number of halogens is 1. The third-order valence-corrected chi connectivity index (χ3v) is 6.69. The fourth-order valence-electron chi connectivity index (χ4n) is 3.58. The summed E-state index contributed by atoms with van der Waals surface area (Å²) in [5.74, 6) is -0.710. The van der Waals surface area contributed by atoms with Gasteiger partial charge in [-0.1, -0.05) is 39.8 Å². The van der Waals surface area contributed by atoms with Crippen LogP contribution in [0.4, 0.5) is 4.39 Å². The van der Waals surface area contributed by atoms with Crippen LogP contribution in [0.3, 0.4) is 0 Å². The van der Waals surface area contributed by atoms with Gasteiger partial charge in [0.25, 0.3) is 0 Å². The SMILES string of the molecule is C#CC(C(=O)O)([P+](=O)O)C(C)(O)c1c(-c2ccc(F)cc2)cc(C(C)C)nc1C(C)C. The van der Waals surface area contributed by atoms with Gasteiger partial charge in [0.05, 0.1) is 5.69 Å². The highest BCUT2D eigenvalue weighted by Gasteiger charge is 2.70. The van der Waals surface area contributed by atoms with Gasteiger partial charge in [-0.2, -0.15) is 4.89 Å². The number of aliphatic hydroxyl groups is 1. The summed E-state index contributed by atoms with van der Waals surface area (Å²) in [6, 6.07) is 7.10. The molecule has 0 bridgehead atoms. The van der Waals surface area contributed by atoms with Crippen LogP contribution in [0.5, 0.6) is 0 Å². The smallest absolute Gasteiger partial charge is 0.477 e. The van der Waals surface area contributed by atoms with Crippen molar-refractivity contribution in [1.82, 2.24) is 4.98 Å². The average molecular weight is 446 g/mol. The molecule has 0 saturated heterocycles. The van der Waals surface area contributed by atoms with E-state index < -0.39 is 30.6 Å². The lowest BCUT2D eigenvalue weighted by atomic mass is 9.76. The molecule has 3 unspecified atom stereocenters. The van der Waals surface area contributed by atoms with Gasteiger partial charge in [-0.3, -0.25) is 4.98 Å². The second-order valence-corrected chi connectivity index (χ2v) is 9.39. The van der Waals surface area contributed by atoms with E-state index in [4.69, 9.17) is 6.42 Å². The first kappa shape index (κ1) is 24.6. The van der Waals surface area contributed by atoms with Gasteiger partial charge in [0.2, 0.25) is 0 Å². The molecule has 2 rings (SSSR count). The Kier molecular flexibility index (Phi) is 7.02. The van der Waals surface area contributed by atoms with Gasteiger partial charge in [0, 0.05) is 11.3 Å². The summed E-state index contributed by atoms with van der Waals surface area (Å²) < 4.78 is 25.8. The number of aliphatic carboxylic acids is 1. The Labute approximate surface area is 182 Å². The van der Waals surface area contributed by atoms with Crippen molar-refractivity contribution in [2.75, 3.05) is 0 Å². The quantitative estimate of drug-likeness (QED) is 0.426. The number of terminal acetylenes is 1. The largest absolute Gasteiger partial charge is 0.541 e. The molecule has 0 spiro atoms. The van der Waals surface area contributed by atoms with Crippen LogP contribution in [0.2, 0.25) is 0 Å². The van der Waals surface area contributed by atoms with Crippen molar-refractivity contribution >= 4 is 14.0 Å². The van der Waals surface area contributed by atoms with Crippen LogP contribution in [-0.2, 0) is 15.0 Å². The Morgan fingerprint density at radius 3 is 2.13 bits per heavy atom. The predicted octanol–water partition coefficient (Wildman–Crippen LogP) is 4.53. The average Bonchev–Trinajstić information content (AvgIpc) is 2.67. The Balaban J connectivity index is 3.09. The van der Waals surface area contributed by atoms with E-state index in [1.165, 1.54) is 24.3 Å². The zero-order valence-electron chi connectivity index (χ0n) is 18.0. The van der Waals surface area contributed by atoms with Gasteiger partial charge >= 0.3 is 19.2 Å². The molecule has 31 heavy (non-hydrogen) atoms. The lowest BCUT2D eigenvalue weighted by Crippen LogP contribution is -2.53. The summed E-state index contributed by atoms with van der Waals surface area (Å²) in [5.41, 5.74) is -0.610. The molecule has 0 radical (unpaired) electrons. The molecule has 3 atom stereocenters. The summed E-state index contributed by atoms with van der Waals surface area (Å²) in [6.07, 6.45) is 5.44. The molecular weight excluding hydrogens is 420 g/mol. The van der Waals surface area contributed by atoms with E-state index in [9.17, 15) is 28.9 Å². The monoisotopic (exact) mass is 446 g/mol. The van der Waals surface area contributed by atoms with Gasteiger partial charge in [0.1, 0.15) is 5.82 Å². The van der Waals surface area contributed by atoms with E-state index in [0.717, 1.165) is 6.92 Å². The minimum Gasteiger partial charge on any atom is -0.477 e. The molecule has 0 saturated carbocycles. The molecule has 8 heteroatoms. The maximum Gasteiger partial charge on any atom is 0.541 e. The van der Waals surface area contributed by atoms with E-state index in [-0.39, 0.29) is 17.4 Å². The lowest BCUT2D eigenvalue weighted by Gasteiger charge is -2.34. The third kappa shape index (κ3) is 4.12. The molecule has 0 aliphatic rings. The van der Waals surface area contributed by atoms with Crippen molar-refractivity contribution in [1.29, 1.82) is 0 Å². The maximum atomic E-state index is 13.6. The molecule has 1 heterocycles. The Morgan fingerprint density at radius 1 is 1.19 bits per heavy atom. The van der Waals surface area contributed by atoms with Crippen molar-refractivity contribution in [3.63, 3.8) is 0 Å². The number of carbonyl (C=O) groups is 1. The van der Waals surface area contributed by atoms with Crippen LogP contribution in [0, 0.1) is 18.2 Å². The summed E-state index contributed by atoms with van der Waals surface area (Å²) in [4.78, 5) is 26.7. The van der Waals surface area contributed by atoms with Gasteiger partial charge in [-0.25, -0.2) is 9.18 Å². The van der Waals surface area contributed by atoms with E-state index in [1.54, 1.807) is 19.9 Å². The second kappa shape index (κ2) is 8.84. The highest BCUT2D eigenvalue weighted by Crippen LogP contribution is 2.52. The van der Waals surface area contributed by atoms with Gasteiger partial charge in [-0.05, 0) is 58.6 Å². The highest BCUT2D eigenvalue weighted by atomic mass is 31.1. The predicted molar refractivity (Wildman–Crippen MR) is 116 cm³/mol. The van der Waals surface area contributed by atoms with Crippen LogP contribution >= 0.6 is 8.03 Å². The molecule has 0 amide bonds. The zero-order valence-corrected chi connectivity index (χ0v) is 18.9. The van der Waals surface area contributed by atoms with Crippen LogP contribution in [-0.4, -0.2) is 31.2 Å². The minimum absolute atomic E-state index is 0.0120. The van der Waals surface area contributed by atoms with Crippen molar-refractivity contribution < 1.29 is 28.9 Å². The lowest BCUT2D eigenvalue weighted by molar-refractivity contribution is -0.145. The summed E-state index contributed by atoms with van der Waals surface area (Å²) in [7, 11) is -3.56. The number of carboxylic acids is 1. The third-order valence-electron chi connectivity index (χ3n) is 5.36. The number of benzene rings is 1. The molecule has 164 valence electrons. The first-order valence-electron chi connectivity index (χ1n) is 9.72. The number of carboxylic acid groups (broad SMARTS) is 1. The van der Waals surface area contributed by atoms with Crippen molar-refractivity contribution in [2.45, 2.75) is 57.2 Å². The van der Waals surface area contributed by atoms with E-state index in [2.05, 4.69) is 4.98 Å². The first-order chi connectivity index (χ1) is 14.3. The molecule has 3 N–H and O–H groups in total. The van der Waals surface area contributed by atoms with Gasteiger partial charge in [0.15, 0.2) is 5.60 Å². The molecule has 0 aliphatic carbocycles. The number of hydrogen-bond donors (Lipinski definition) is 3. The highest BCUT2D eigenvalue weighted by molar-refractivity contribution is 7.42. The van der Waals surface area contributed by atoms with Crippen molar-refractivity contribution in [3.05, 3.63) is 53.1 Å². The summed E-state index contributed by atoms with van der Waals surface area (Å²) in [6.45, 7) is 8.56. The standard InChI is InChI=1S/C23H25FNO5P/c1-7-23(21(26)27,31(29)30)22(6,28)19-17(15-8-10-16(24)11-9-15)12-18(13(2)3)25-20(19)14(4)5/h1,8-14,28H,2-6H3,(H-,26,27,29,30)/p+1. The Bertz CT molecular complexity index is 1040. The van der Waals surface area contributed by atoms with Crippen LogP contribution in [0.1, 0.15) is 63.4 Å². The van der Waals surface area contributed by atoms with E-state index in [0.29, 0.717) is 22.5 Å². The van der Waals surface area contributed by atoms with Crippen LogP contribution in [0.15, 0.2) is 30.3 Å². The minimum atomic E-state index is -3.56. The van der Waals surface area contributed by atoms with Crippen molar-refractivity contribution in [2.24, 2.45) is 0 Å². The maximum absolute atomic E-state index is 13.6. The Morgan fingerprint density at radius 2 is 1.74 bits per heavy atom. The number of hydrogen-bond acceptors (Lipinski definition) is 4. The van der Waals surface area contributed by atoms with Crippen LogP contribution in [0.25, 0.3) is 11.1 Å². The molecule has 0 aliphatic heterocycles. The molecule has 6 nitrogen and oxygen atoms in total. The summed E-state index contributed by atoms with van der Waals surface area (Å²) >= 11 is 0. The fraction of sp³-hybridized carbons (Fsp3) is 0.391. The molecule has 0 fully saturated rings. The summed E-state index contributed by atoms with van der Waals surface area (Å²) in [5, 5.41) is 18.6. The topological polar surface area (TPSA) is 108 Å². The number of pyridine rings is 1. The molecule has 1 aromatic heterocycles. The Hall–Kier alpha value is -2.65. The van der Waals surface area contributed by atoms with E-state index in [1.807, 2.05) is 19.8 Å². The van der Waals surface area contributed by atoms with Crippen molar-refractivity contribution in [3.8, 4) is 23.5 Å². The van der Waals surface area contributed by atoms with E-state index >= 15 is 0 Å². The fourth-order valence-corrected chi connectivity index (χ4v) is 4.34. The molecule has 2 aromatic rings. The van der Waals surface area contributed by atoms with Gasteiger partial charge in [-0.15, -0.1) is 6.42 Å². The zero-order chi connectivity index (χ0) is 23.7. The number of nitrogens with zero attached hydrogens (tertiary/aromatic N) is 1. The number of aromatic nitrogens is 1. The van der Waals surface area contributed by atoms with Gasteiger partial charge < -0.3 is 10.2 Å². The first-order valence-corrected chi connectivity index (χ1v) is 10.9. The van der Waals surface area contributed by atoms with Crippen LogP contribution < -0.4 is 0 Å². The molecule has 1 aromatic carbocycles.